The van der Waals surface area contributed by atoms with E-state index >= 15 is 0 Å². The third-order valence-corrected chi connectivity index (χ3v) is 6.93. The first-order chi connectivity index (χ1) is 14.6. The molecule has 2 fully saturated rings. The lowest BCUT2D eigenvalue weighted by Crippen LogP contribution is -2.45. The molecule has 2 amide bonds. The summed E-state index contributed by atoms with van der Waals surface area (Å²) in [6, 6.07) is 9.41. The third-order valence-electron chi connectivity index (χ3n) is 6.10. The van der Waals surface area contributed by atoms with Gasteiger partial charge in [-0.1, -0.05) is 18.2 Å². The maximum atomic E-state index is 13.1. The van der Waals surface area contributed by atoms with Crippen molar-refractivity contribution in [2.24, 2.45) is 5.92 Å². The maximum Gasteiger partial charge on any atom is 0.253 e. The molecule has 2 aliphatic rings. The summed E-state index contributed by atoms with van der Waals surface area (Å²) in [5.41, 5.74) is 1.86. The molecule has 0 saturated carbocycles. The molecule has 30 heavy (non-hydrogen) atoms. The summed E-state index contributed by atoms with van der Waals surface area (Å²) >= 11 is 1.69. The van der Waals surface area contributed by atoms with Gasteiger partial charge in [0.15, 0.2) is 0 Å². The van der Waals surface area contributed by atoms with Crippen molar-refractivity contribution < 1.29 is 9.59 Å². The van der Waals surface area contributed by atoms with Gasteiger partial charge in [0, 0.05) is 62.7 Å². The molecule has 0 spiro atoms. The number of carbonyl (C=O) groups is 2. The van der Waals surface area contributed by atoms with Crippen molar-refractivity contribution in [2.75, 3.05) is 39.3 Å². The van der Waals surface area contributed by atoms with E-state index in [0.29, 0.717) is 13.1 Å². The number of piperidine rings is 1. The van der Waals surface area contributed by atoms with Crippen molar-refractivity contribution in [3.8, 4) is 0 Å². The van der Waals surface area contributed by atoms with Crippen molar-refractivity contribution >= 4 is 23.2 Å². The predicted octanol–water partition coefficient (Wildman–Crippen LogP) is 3.04. The molecule has 0 N–H and O–H groups in total. The number of hydrogen-bond acceptors (Lipinski definition) is 5. The average molecular weight is 427 g/mol. The zero-order valence-electron chi connectivity index (χ0n) is 17.6. The Kier molecular flexibility index (Phi) is 6.79. The maximum absolute atomic E-state index is 13.1. The molecule has 0 radical (unpaired) electrons. The van der Waals surface area contributed by atoms with Crippen LogP contribution in [0.3, 0.4) is 0 Å². The van der Waals surface area contributed by atoms with Crippen LogP contribution in [0.25, 0.3) is 0 Å². The molecule has 0 unspecified atom stereocenters. The van der Waals surface area contributed by atoms with Crippen molar-refractivity contribution in [3.63, 3.8) is 0 Å². The first-order valence-corrected chi connectivity index (χ1v) is 11.7. The number of carbonyl (C=O) groups excluding carboxylic acids is 2. The van der Waals surface area contributed by atoms with Gasteiger partial charge in [-0.05, 0) is 38.3 Å². The zero-order chi connectivity index (χ0) is 20.9. The highest BCUT2D eigenvalue weighted by atomic mass is 32.1. The molecule has 6 nitrogen and oxygen atoms in total. The molecule has 2 saturated heterocycles. The van der Waals surface area contributed by atoms with Gasteiger partial charge >= 0.3 is 0 Å². The van der Waals surface area contributed by atoms with E-state index in [1.165, 1.54) is 0 Å². The number of benzene rings is 1. The van der Waals surface area contributed by atoms with Crippen molar-refractivity contribution in [1.29, 1.82) is 0 Å². The fraction of sp³-hybridized carbons (Fsp3) is 0.522. The van der Waals surface area contributed by atoms with Gasteiger partial charge in [0.25, 0.3) is 5.91 Å². The van der Waals surface area contributed by atoms with Gasteiger partial charge in [-0.3, -0.25) is 14.5 Å². The highest BCUT2D eigenvalue weighted by Crippen LogP contribution is 2.22. The number of rotatable bonds is 4. The van der Waals surface area contributed by atoms with E-state index in [2.05, 4.69) is 15.3 Å². The highest BCUT2D eigenvalue weighted by molar-refractivity contribution is 7.09. The molecule has 0 bridgehead atoms. The van der Waals surface area contributed by atoms with Gasteiger partial charge in [-0.15, -0.1) is 11.3 Å². The normalized spacial score (nSPS) is 19.0. The molecule has 3 heterocycles. The molecule has 4 rings (SSSR count). The van der Waals surface area contributed by atoms with Gasteiger partial charge in [0.1, 0.15) is 0 Å². The zero-order valence-corrected chi connectivity index (χ0v) is 18.4. The minimum atomic E-state index is 0.0394. The number of amides is 2. The molecule has 0 atom stereocenters. The molecule has 160 valence electrons. The fourth-order valence-corrected chi connectivity index (χ4v) is 5.01. The minimum Gasteiger partial charge on any atom is -0.341 e. The van der Waals surface area contributed by atoms with Crippen LogP contribution in [0.15, 0.2) is 35.7 Å². The Morgan fingerprint density at radius 2 is 1.77 bits per heavy atom. The number of hydrogen-bond donors (Lipinski definition) is 0. The topological polar surface area (TPSA) is 56.8 Å². The third kappa shape index (κ3) is 5.08. The van der Waals surface area contributed by atoms with Crippen molar-refractivity contribution in [1.82, 2.24) is 19.7 Å². The summed E-state index contributed by atoms with van der Waals surface area (Å²) in [7, 11) is 0. The monoisotopic (exact) mass is 426 g/mol. The second-order valence-electron chi connectivity index (χ2n) is 8.25. The Labute approximate surface area is 182 Å². The van der Waals surface area contributed by atoms with E-state index < -0.39 is 0 Å². The molecule has 7 heteroatoms. The van der Waals surface area contributed by atoms with E-state index in [1.54, 1.807) is 11.3 Å². The first-order valence-electron chi connectivity index (χ1n) is 10.9. The smallest absolute Gasteiger partial charge is 0.253 e. The molecule has 2 aromatic rings. The fourth-order valence-electron chi connectivity index (χ4n) is 4.41. The minimum absolute atomic E-state index is 0.0394. The van der Waals surface area contributed by atoms with E-state index in [4.69, 9.17) is 0 Å². The van der Waals surface area contributed by atoms with Crippen molar-refractivity contribution in [3.05, 3.63) is 52.0 Å². The summed E-state index contributed by atoms with van der Waals surface area (Å²) in [5.74, 6) is 0.384. The second kappa shape index (κ2) is 9.71. The standard InChI is InChI=1S/C23H30N4O2S/c1-18-24-21(17-30-18)16-25-10-5-11-26(15-14-25)23(29)20-8-12-27(13-9-20)22(28)19-6-3-2-4-7-19/h2-4,6-7,17,20H,5,8-16H2,1H3. The van der Waals surface area contributed by atoms with Crippen LogP contribution in [0.4, 0.5) is 0 Å². The molecule has 2 aliphatic heterocycles. The van der Waals surface area contributed by atoms with Gasteiger partial charge in [-0.2, -0.15) is 0 Å². The van der Waals surface area contributed by atoms with Gasteiger partial charge < -0.3 is 9.80 Å². The van der Waals surface area contributed by atoms with Gasteiger partial charge in [0.2, 0.25) is 5.91 Å². The van der Waals surface area contributed by atoms with E-state index in [1.807, 2.05) is 47.1 Å². The SMILES string of the molecule is Cc1nc(CN2CCCN(C(=O)C3CCN(C(=O)c4ccccc4)CC3)CC2)cs1. The summed E-state index contributed by atoms with van der Waals surface area (Å²) < 4.78 is 0. The molecule has 1 aromatic heterocycles. The van der Waals surface area contributed by atoms with Gasteiger partial charge in [-0.25, -0.2) is 4.98 Å². The summed E-state index contributed by atoms with van der Waals surface area (Å²) in [5, 5.41) is 3.24. The largest absolute Gasteiger partial charge is 0.341 e. The summed E-state index contributed by atoms with van der Waals surface area (Å²) in [6.45, 7) is 7.74. The van der Waals surface area contributed by atoms with Crippen LogP contribution in [0.5, 0.6) is 0 Å². The number of likely N-dealkylation sites (tertiary alicyclic amines) is 1. The van der Waals surface area contributed by atoms with Crippen molar-refractivity contribution in [2.45, 2.75) is 32.7 Å². The summed E-state index contributed by atoms with van der Waals surface area (Å²) in [6.07, 6.45) is 2.52. The number of aryl methyl sites for hydroxylation is 1. The lowest BCUT2D eigenvalue weighted by atomic mass is 9.94. The first kappa shape index (κ1) is 21.0. The van der Waals surface area contributed by atoms with Crippen LogP contribution >= 0.6 is 11.3 Å². The predicted molar refractivity (Wildman–Crippen MR) is 118 cm³/mol. The molecule has 1 aromatic carbocycles. The van der Waals surface area contributed by atoms with Gasteiger partial charge in [0.05, 0.1) is 10.7 Å². The van der Waals surface area contributed by atoms with Crippen LogP contribution in [-0.2, 0) is 11.3 Å². The lowest BCUT2D eigenvalue weighted by Gasteiger charge is -2.34. The quantitative estimate of drug-likeness (QED) is 0.754. The second-order valence-corrected chi connectivity index (χ2v) is 9.31. The Bertz CT molecular complexity index is 861. The van der Waals surface area contributed by atoms with Crippen LogP contribution in [0.1, 0.15) is 40.3 Å². The van der Waals surface area contributed by atoms with Crippen LogP contribution in [0.2, 0.25) is 0 Å². The van der Waals surface area contributed by atoms with E-state index in [9.17, 15) is 9.59 Å². The number of aromatic nitrogens is 1. The highest BCUT2D eigenvalue weighted by Gasteiger charge is 2.31. The Balaban J connectivity index is 1.26. The van der Waals surface area contributed by atoms with Crippen LogP contribution < -0.4 is 0 Å². The molecule has 0 aliphatic carbocycles. The van der Waals surface area contributed by atoms with Crippen LogP contribution in [0, 0.1) is 12.8 Å². The molecular formula is C23H30N4O2S. The Morgan fingerprint density at radius 1 is 1.00 bits per heavy atom. The molecular weight excluding hydrogens is 396 g/mol. The van der Waals surface area contributed by atoms with Crippen LogP contribution in [-0.4, -0.2) is 70.8 Å². The lowest BCUT2D eigenvalue weighted by molar-refractivity contribution is -0.136. The number of nitrogens with zero attached hydrogens (tertiary/aromatic N) is 4. The Hall–Kier alpha value is -2.25. The Morgan fingerprint density at radius 3 is 2.47 bits per heavy atom. The van der Waals surface area contributed by atoms with E-state index in [0.717, 1.165) is 68.3 Å². The average Bonchev–Trinajstić information content (AvgIpc) is 3.05. The van der Waals surface area contributed by atoms with E-state index in [-0.39, 0.29) is 17.7 Å². The summed E-state index contributed by atoms with van der Waals surface area (Å²) in [4.78, 5) is 36.7. The number of thiazole rings is 1.